The Bertz CT molecular complexity index is 471. The normalized spacial score (nSPS) is 10.5. The summed E-state index contributed by atoms with van der Waals surface area (Å²) in [6.45, 7) is 4.81. The lowest BCUT2D eigenvalue weighted by atomic mass is 10.1. The van der Waals surface area contributed by atoms with E-state index in [4.69, 9.17) is 5.73 Å². The number of aryl methyl sites for hydroxylation is 2. The molecule has 1 aromatic heterocycles. The smallest absolute Gasteiger partial charge is 0.0659 e. The van der Waals surface area contributed by atoms with Gasteiger partial charge >= 0.3 is 0 Å². The lowest BCUT2D eigenvalue weighted by Crippen LogP contribution is -2.01. The monoisotopic (exact) mass is 201 g/mol. The largest absolute Gasteiger partial charge is 0.399 e. The first kappa shape index (κ1) is 9.77. The quantitative estimate of drug-likeness (QED) is 0.756. The number of nitrogen functional groups attached to an aromatic ring is 1. The average molecular weight is 201 g/mol. The van der Waals surface area contributed by atoms with Crippen LogP contribution in [0.15, 0.2) is 30.5 Å². The van der Waals surface area contributed by atoms with Crippen molar-refractivity contribution in [3.8, 4) is 0 Å². The van der Waals surface area contributed by atoms with Crippen molar-refractivity contribution in [2.24, 2.45) is 0 Å². The molecular formula is C12H15N3. The van der Waals surface area contributed by atoms with Crippen LogP contribution >= 0.6 is 0 Å². The SMILES string of the molecule is Cc1ccn(Cc2ccc(N)c(C)c2)n1. The number of benzene rings is 1. The molecule has 0 aliphatic heterocycles. The van der Waals surface area contributed by atoms with Gasteiger partial charge in [0.05, 0.1) is 12.2 Å². The highest BCUT2D eigenvalue weighted by Crippen LogP contribution is 2.13. The molecule has 0 amide bonds. The fourth-order valence-electron chi connectivity index (χ4n) is 1.57. The second-order valence-electron chi connectivity index (χ2n) is 3.85. The Kier molecular flexibility index (Phi) is 2.46. The third-order valence-electron chi connectivity index (χ3n) is 2.45. The number of hydrogen-bond donors (Lipinski definition) is 1. The van der Waals surface area contributed by atoms with Crippen LogP contribution in [-0.2, 0) is 6.54 Å². The van der Waals surface area contributed by atoms with Gasteiger partial charge in [0, 0.05) is 11.9 Å². The van der Waals surface area contributed by atoms with Crippen LogP contribution in [0.1, 0.15) is 16.8 Å². The summed E-state index contributed by atoms with van der Waals surface area (Å²) in [6.07, 6.45) is 1.99. The van der Waals surface area contributed by atoms with Gasteiger partial charge in [0.1, 0.15) is 0 Å². The molecule has 0 spiro atoms. The van der Waals surface area contributed by atoms with Crippen LogP contribution in [0.5, 0.6) is 0 Å². The van der Waals surface area contributed by atoms with Gasteiger partial charge in [0.15, 0.2) is 0 Å². The lowest BCUT2D eigenvalue weighted by Gasteiger charge is -2.05. The molecule has 0 atom stereocenters. The van der Waals surface area contributed by atoms with Crippen molar-refractivity contribution in [1.29, 1.82) is 0 Å². The summed E-state index contributed by atoms with van der Waals surface area (Å²) in [5.41, 5.74) is 10.00. The molecule has 0 unspecified atom stereocenters. The fraction of sp³-hybridized carbons (Fsp3) is 0.250. The highest BCUT2D eigenvalue weighted by molar-refractivity contribution is 5.47. The zero-order valence-electron chi connectivity index (χ0n) is 9.07. The first-order valence-electron chi connectivity index (χ1n) is 5.00. The van der Waals surface area contributed by atoms with E-state index in [9.17, 15) is 0 Å². The minimum absolute atomic E-state index is 0.801. The molecule has 0 aliphatic carbocycles. The van der Waals surface area contributed by atoms with Gasteiger partial charge < -0.3 is 5.73 Å². The predicted octanol–water partition coefficient (Wildman–Crippen LogP) is 2.13. The molecule has 0 radical (unpaired) electrons. The zero-order chi connectivity index (χ0) is 10.8. The van der Waals surface area contributed by atoms with Crippen molar-refractivity contribution >= 4 is 5.69 Å². The Balaban J connectivity index is 2.21. The standard InChI is InChI=1S/C12H15N3/c1-9-7-11(3-4-12(9)13)8-15-6-5-10(2)14-15/h3-7H,8,13H2,1-2H3. The van der Waals surface area contributed by atoms with Crippen LogP contribution in [0.25, 0.3) is 0 Å². The molecule has 0 saturated heterocycles. The first-order chi connectivity index (χ1) is 7.15. The van der Waals surface area contributed by atoms with Gasteiger partial charge in [-0.15, -0.1) is 0 Å². The van der Waals surface area contributed by atoms with Crippen LogP contribution in [0.2, 0.25) is 0 Å². The van der Waals surface area contributed by atoms with Crippen molar-refractivity contribution in [2.45, 2.75) is 20.4 Å². The zero-order valence-corrected chi connectivity index (χ0v) is 9.07. The minimum atomic E-state index is 0.801. The fourth-order valence-corrected chi connectivity index (χ4v) is 1.57. The van der Waals surface area contributed by atoms with E-state index >= 15 is 0 Å². The van der Waals surface area contributed by atoms with Crippen LogP contribution in [0, 0.1) is 13.8 Å². The summed E-state index contributed by atoms with van der Waals surface area (Å²) < 4.78 is 1.93. The summed E-state index contributed by atoms with van der Waals surface area (Å²) in [6, 6.07) is 8.09. The van der Waals surface area contributed by atoms with Crippen LogP contribution < -0.4 is 5.73 Å². The van der Waals surface area contributed by atoms with E-state index in [1.54, 1.807) is 0 Å². The van der Waals surface area contributed by atoms with Crippen LogP contribution in [0.3, 0.4) is 0 Å². The van der Waals surface area contributed by atoms with E-state index in [1.807, 2.05) is 42.9 Å². The third-order valence-corrected chi connectivity index (χ3v) is 2.45. The lowest BCUT2D eigenvalue weighted by molar-refractivity contribution is 0.679. The second-order valence-corrected chi connectivity index (χ2v) is 3.85. The first-order valence-corrected chi connectivity index (χ1v) is 5.00. The number of hydrogen-bond acceptors (Lipinski definition) is 2. The molecule has 2 N–H and O–H groups in total. The van der Waals surface area contributed by atoms with Crippen molar-refractivity contribution < 1.29 is 0 Å². The van der Waals surface area contributed by atoms with Gasteiger partial charge in [0.2, 0.25) is 0 Å². The molecule has 3 nitrogen and oxygen atoms in total. The van der Waals surface area contributed by atoms with Crippen LogP contribution in [-0.4, -0.2) is 9.78 Å². The van der Waals surface area contributed by atoms with E-state index in [1.165, 1.54) is 5.56 Å². The minimum Gasteiger partial charge on any atom is -0.399 e. The topological polar surface area (TPSA) is 43.8 Å². The molecule has 2 aromatic rings. The van der Waals surface area contributed by atoms with Gasteiger partial charge in [-0.25, -0.2) is 0 Å². The van der Waals surface area contributed by atoms with E-state index in [2.05, 4.69) is 11.2 Å². The number of nitrogens with two attached hydrogens (primary N) is 1. The molecular weight excluding hydrogens is 186 g/mol. The Labute approximate surface area is 89.5 Å². The van der Waals surface area contributed by atoms with Gasteiger partial charge in [-0.1, -0.05) is 12.1 Å². The molecule has 0 saturated carbocycles. The highest BCUT2D eigenvalue weighted by Gasteiger charge is 1.99. The van der Waals surface area contributed by atoms with Gasteiger partial charge in [-0.05, 0) is 37.1 Å². The van der Waals surface area contributed by atoms with Gasteiger partial charge in [0.25, 0.3) is 0 Å². The van der Waals surface area contributed by atoms with Crippen LogP contribution in [0.4, 0.5) is 5.69 Å². The molecule has 0 bridgehead atoms. The highest BCUT2D eigenvalue weighted by atomic mass is 15.3. The van der Waals surface area contributed by atoms with E-state index < -0.39 is 0 Å². The van der Waals surface area contributed by atoms with Gasteiger partial charge in [-0.3, -0.25) is 4.68 Å². The van der Waals surface area contributed by atoms with Gasteiger partial charge in [-0.2, -0.15) is 5.10 Å². The molecule has 2 rings (SSSR count). The maximum atomic E-state index is 5.76. The number of rotatable bonds is 2. The summed E-state index contributed by atoms with van der Waals surface area (Å²) in [4.78, 5) is 0. The Morgan fingerprint density at radius 2 is 2.07 bits per heavy atom. The Morgan fingerprint density at radius 3 is 2.67 bits per heavy atom. The van der Waals surface area contributed by atoms with Crippen molar-refractivity contribution in [3.05, 3.63) is 47.3 Å². The number of aromatic nitrogens is 2. The van der Waals surface area contributed by atoms with E-state index in [-0.39, 0.29) is 0 Å². The molecule has 15 heavy (non-hydrogen) atoms. The Hall–Kier alpha value is -1.77. The summed E-state index contributed by atoms with van der Waals surface area (Å²) in [7, 11) is 0. The number of nitrogens with zero attached hydrogens (tertiary/aromatic N) is 2. The summed E-state index contributed by atoms with van der Waals surface area (Å²) in [5, 5.41) is 4.34. The predicted molar refractivity (Wildman–Crippen MR) is 61.7 cm³/mol. The molecule has 1 aromatic carbocycles. The summed E-state index contributed by atoms with van der Waals surface area (Å²) >= 11 is 0. The molecule has 78 valence electrons. The van der Waals surface area contributed by atoms with Crippen molar-refractivity contribution in [1.82, 2.24) is 9.78 Å². The molecule has 1 heterocycles. The average Bonchev–Trinajstić information content (AvgIpc) is 2.58. The number of anilines is 1. The van der Waals surface area contributed by atoms with Crippen molar-refractivity contribution in [3.63, 3.8) is 0 Å². The maximum Gasteiger partial charge on any atom is 0.0659 e. The van der Waals surface area contributed by atoms with E-state index in [0.29, 0.717) is 0 Å². The van der Waals surface area contributed by atoms with Crippen molar-refractivity contribution in [2.75, 3.05) is 5.73 Å². The second kappa shape index (κ2) is 3.77. The molecule has 3 heteroatoms. The third kappa shape index (κ3) is 2.18. The summed E-state index contributed by atoms with van der Waals surface area (Å²) in [5.74, 6) is 0. The molecule has 0 aliphatic rings. The Morgan fingerprint density at radius 1 is 1.27 bits per heavy atom. The molecule has 0 fully saturated rings. The maximum absolute atomic E-state index is 5.76. The van der Waals surface area contributed by atoms with E-state index in [0.717, 1.165) is 23.5 Å².